The van der Waals surface area contributed by atoms with Crippen molar-refractivity contribution < 1.29 is 19.5 Å². The fraction of sp³-hybridized carbons (Fsp3) is 0.457. The molecule has 3 amide bonds. The highest BCUT2D eigenvalue weighted by Crippen LogP contribution is 2.68. The number of likely N-dealkylation sites (tertiary alicyclic amines) is 1. The van der Waals surface area contributed by atoms with Crippen LogP contribution in [-0.2, 0) is 20.8 Å². The van der Waals surface area contributed by atoms with Crippen molar-refractivity contribution in [2.75, 3.05) is 31.1 Å². The zero-order valence-electron chi connectivity index (χ0n) is 25.8. The number of halogens is 2. The number of aliphatic hydroxyl groups is 1. The van der Waals surface area contributed by atoms with Gasteiger partial charge in [-0.05, 0) is 43.4 Å². The van der Waals surface area contributed by atoms with Crippen molar-refractivity contribution >= 4 is 62.7 Å². The summed E-state index contributed by atoms with van der Waals surface area (Å²) in [4.78, 5) is 49.2. The number of fused-ring (bicyclic) bond motifs is 1. The number of rotatable bonds is 13. The van der Waals surface area contributed by atoms with Crippen LogP contribution in [0.25, 0.3) is 0 Å². The van der Waals surface area contributed by atoms with Crippen LogP contribution in [0.1, 0.15) is 30.9 Å². The van der Waals surface area contributed by atoms with E-state index in [1.165, 1.54) is 0 Å². The summed E-state index contributed by atoms with van der Waals surface area (Å²) in [7, 11) is 0. The summed E-state index contributed by atoms with van der Waals surface area (Å²) in [6.45, 7) is 12.5. The molecule has 3 aliphatic heterocycles. The van der Waals surface area contributed by atoms with Gasteiger partial charge >= 0.3 is 0 Å². The number of para-hydroxylation sites is 1. The van der Waals surface area contributed by atoms with Gasteiger partial charge in [0, 0.05) is 29.7 Å². The predicted molar refractivity (Wildman–Crippen MR) is 186 cm³/mol. The predicted octanol–water partition coefficient (Wildman–Crippen LogP) is 5.66. The number of aryl methyl sites for hydroxylation is 1. The summed E-state index contributed by atoms with van der Waals surface area (Å²) in [5.74, 6) is -1.94. The Morgan fingerprint density at radius 3 is 2.49 bits per heavy atom. The molecule has 0 aliphatic carbocycles. The standard InChI is InChI=1S/C35H41BrClN3O4S/c1-5-16-38(17-6-2)32(42)27-28-33(43)40(24(21-41)19-23-13-9-8-10-14-23)31(35(28)20-25(36)30(27)45-35)34(44)39(18-7-3)29-22(4)12-11-15-26(29)37/h5,7-15,24-25,27-28,30-31,41H,1,3,6,16-21H2,2,4H3/t24-,25?,27-,28+,30-,31?,35?/m1/s1. The van der Waals surface area contributed by atoms with Gasteiger partial charge in [0.15, 0.2) is 0 Å². The molecule has 7 atom stereocenters. The van der Waals surface area contributed by atoms with Gasteiger partial charge in [0.05, 0.1) is 39.9 Å². The zero-order valence-corrected chi connectivity index (χ0v) is 28.9. The fourth-order valence-corrected chi connectivity index (χ4v) is 11.5. The minimum atomic E-state index is -0.932. The Bertz CT molecular complexity index is 1440. The number of carbonyl (C=O) groups is 3. The van der Waals surface area contributed by atoms with Crippen LogP contribution in [0.3, 0.4) is 0 Å². The molecule has 1 spiro atoms. The molecular formula is C35H41BrClN3O4S. The minimum absolute atomic E-state index is 0.0699. The van der Waals surface area contributed by atoms with Gasteiger partial charge in [0.25, 0.3) is 5.91 Å². The Morgan fingerprint density at radius 1 is 1.16 bits per heavy atom. The third-order valence-corrected chi connectivity index (χ3v) is 12.9. The number of thioether (sulfide) groups is 1. The van der Waals surface area contributed by atoms with Gasteiger partial charge in [0.2, 0.25) is 11.8 Å². The maximum Gasteiger partial charge on any atom is 0.251 e. The first-order chi connectivity index (χ1) is 21.6. The van der Waals surface area contributed by atoms with E-state index in [-0.39, 0.29) is 41.0 Å². The summed E-state index contributed by atoms with van der Waals surface area (Å²) in [6, 6.07) is 13.5. The van der Waals surface area contributed by atoms with E-state index in [0.717, 1.165) is 17.5 Å². The third-order valence-electron chi connectivity index (χ3n) is 9.36. The number of amides is 3. The number of hydrogen-bond acceptors (Lipinski definition) is 5. The van der Waals surface area contributed by atoms with E-state index in [1.54, 1.807) is 44.7 Å². The lowest BCUT2D eigenvalue weighted by molar-refractivity contribution is -0.145. The molecule has 3 unspecified atom stereocenters. The number of anilines is 1. The van der Waals surface area contributed by atoms with Crippen LogP contribution in [-0.4, -0.2) is 85.8 Å². The molecule has 2 bridgehead atoms. The molecule has 3 saturated heterocycles. The highest BCUT2D eigenvalue weighted by atomic mass is 79.9. The Balaban J connectivity index is 1.66. The lowest BCUT2D eigenvalue weighted by atomic mass is 9.70. The molecule has 0 aromatic heterocycles. The van der Waals surface area contributed by atoms with Crippen LogP contribution in [0, 0.1) is 18.8 Å². The second-order valence-corrected chi connectivity index (χ2v) is 15.3. The molecular weight excluding hydrogens is 674 g/mol. The molecule has 3 fully saturated rings. The number of nitrogens with zero attached hydrogens (tertiary/aromatic N) is 3. The minimum Gasteiger partial charge on any atom is -0.394 e. The molecule has 1 N–H and O–H groups in total. The molecule has 0 radical (unpaired) electrons. The SMILES string of the molecule is C=CCN(CCC)C(=O)[C@H]1[C@@H]2SC3(CC2Br)C(C(=O)N(CC=C)c2c(C)cccc2Cl)N([C@@H](CO)Cc2ccccc2)C(=O)[C@H]13. The average Bonchev–Trinajstić information content (AvgIpc) is 3.62. The van der Waals surface area contributed by atoms with E-state index in [9.17, 15) is 14.7 Å². The summed E-state index contributed by atoms with van der Waals surface area (Å²) in [5, 5.41) is 11.1. The molecule has 10 heteroatoms. The van der Waals surface area contributed by atoms with Crippen molar-refractivity contribution in [1.82, 2.24) is 9.80 Å². The Kier molecular flexibility index (Phi) is 10.5. The normalized spacial score (nSPS) is 27.3. The lowest BCUT2D eigenvalue weighted by Gasteiger charge is -2.40. The first-order valence-electron chi connectivity index (χ1n) is 15.5. The van der Waals surface area contributed by atoms with Crippen molar-refractivity contribution in [1.29, 1.82) is 0 Å². The number of benzene rings is 2. The van der Waals surface area contributed by atoms with Crippen LogP contribution >= 0.6 is 39.3 Å². The van der Waals surface area contributed by atoms with Crippen LogP contribution in [0.2, 0.25) is 5.02 Å². The van der Waals surface area contributed by atoms with Gasteiger partial charge < -0.3 is 19.8 Å². The van der Waals surface area contributed by atoms with E-state index in [2.05, 4.69) is 29.1 Å². The quantitative estimate of drug-likeness (QED) is 0.214. The van der Waals surface area contributed by atoms with Crippen LogP contribution in [0.4, 0.5) is 5.69 Å². The maximum absolute atomic E-state index is 15.1. The zero-order chi connectivity index (χ0) is 32.5. The van der Waals surface area contributed by atoms with Gasteiger partial charge in [-0.2, -0.15) is 0 Å². The number of alkyl halides is 1. The van der Waals surface area contributed by atoms with Crippen molar-refractivity contribution in [3.05, 3.63) is 90.0 Å². The Labute approximate surface area is 283 Å². The van der Waals surface area contributed by atoms with E-state index in [0.29, 0.717) is 36.6 Å². The van der Waals surface area contributed by atoms with Gasteiger partial charge in [-0.15, -0.1) is 24.9 Å². The Morgan fingerprint density at radius 2 is 1.87 bits per heavy atom. The van der Waals surface area contributed by atoms with Crippen molar-refractivity contribution in [2.45, 2.75) is 60.0 Å². The van der Waals surface area contributed by atoms with Gasteiger partial charge in [-0.25, -0.2) is 0 Å². The first kappa shape index (κ1) is 33.8. The Hall–Kier alpha value is -2.59. The lowest BCUT2D eigenvalue weighted by Crippen LogP contribution is -2.58. The van der Waals surface area contributed by atoms with Crippen molar-refractivity contribution in [3.63, 3.8) is 0 Å². The molecule has 2 aromatic rings. The molecule has 5 rings (SSSR count). The van der Waals surface area contributed by atoms with E-state index >= 15 is 4.79 Å². The summed E-state index contributed by atoms with van der Waals surface area (Å²) in [6.07, 6.45) is 5.05. The highest BCUT2D eigenvalue weighted by molar-refractivity contribution is 9.09. The maximum atomic E-state index is 15.1. The van der Waals surface area contributed by atoms with Crippen LogP contribution in [0.15, 0.2) is 73.8 Å². The first-order valence-corrected chi connectivity index (χ1v) is 17.7. The van der Waals surface area contributed by atoms with Crippen molar-refractivity contribution in [2.24, 2.45) is 11.8 Å². The monoisotopic (exact) mass is 713 g/mol. The van der Waals surface area contributed by atoms with Gasteiger partial charge in [-0.3, -0.25) is 14.4 Å². The molecule has 45 heavy (non-hydrogen) atoms. The van der Waals surface area contributed by atoms with E-state index < -0.39 is 28.7 Å². The summed E-state index contributed by atoms with van der Waals surface area (Å²) < 4.78 is -0.877. The fourth-order valence-electron chi connectivity index (χ4n) is 7.62. The topological polar surface area (TPSA) is 81.2 Å². The number of hydrogen-bond donors (Lipinski definition) is 1. The largest absolute Gasteiger partial charge is 0.394 e. The third kappa shape index (κ3) is 5.90. The highest BCUT2D eigenvalue weighted by Gasteiger charge is 2.76. The summed E-state index contributed by atoms with van der Waals surface area (Å²) in [5.41, 5.74) is 2.33. The average molecular weight is 715 g/mol. The molecule has 240 valence electrons. The number of aliphatic hydroxyl groups excluding tert-OH is 1. The van der Waals surface area contributed by atoms with Gasteiger partial charge in [-0.1, -0.05) is 89.1 Å². The van der Waals surface area contributed by atoms with Crippen LogP contribution < -0.4 is 4.90 Å². The second kappa shape index (κ2) is 14.0. The molecule has 2 aromatic carbocycles. The van der Waals surface area contributed by atoms with Crippen LogP contribution in [0.5, 0.6) is 0 Å². The van der Waals surface area contributed by atoms with Crippen molar-refractivity contribution in [3.8, 4) is 0 Å². The van der Waals surface area contributed by atoms with E-state index in [4.69, 9.17) is 11.6 Å². The molecule has 0 saturated carbocycles. The number of carbonyl (C=O) groups excluding carboxylic acids is 3. The van der Waals surface area contributed by atoms with Gasteiger partial charge in [0.1, 0.15) is 6.04 Å². The van der Waals surface area contributed by atoms with E-state index in [1.807, 2.05) is 56.3 Å². The molecule has 3 heterocycles. The molecule has 7 nitrogen and oxygen atoms in total. The second-order valence-electron chi connectivity index (χ2n) is 12.2. The molecule has 3 aliphatic rings. The smallest absolute Gasteiger partial charge is 0.251 e. The summed E-state index contributed by atoms with van der Waals surface area (Å²) >= 11 is 12.2.